The lowest BCUT2D eigenvalue weighted by molar-refractivity contribution is -0.122. The van der Waals surface area contributed by atoms with Crippen molar-refractivity contribution >= 4 is 23.1 Å². The van der Waals surface area contributed by atoms with E-state index >= 15 is 0 Å². The molecule has 3 aromatic carbocycles. The minimum Gasteiger partial charge on any atom is -0.494 e. The van der Waals surface area contributed by atoms with Crippen LogP contribution >= 0.6 is 0 Å². The molecule has 4 nitrogen and oxygen atoms in total. The van der Waals surface area contributed by atoms with Gasteiger partial charge in [0, 0.05) is 11.8 Å². The third-order valence-electron chi connectivity index (χ3n) is 7.40. The number of rotatable bonds is 6. The third-order valence-corrected chi connectivity index (χ3v) is 7.40. The molecule has 0 aromatic heterocycles. The average molecular weight is 462 g/mol. The molecule has 3 aromatic rings. The van der Waals surface area contributed by atoms with Crippen LogP contribution in [0.1, 0.15) is 24.5 Å². The van der Waals surface area contributed by atoms with E-state index in [1.165, 1.54) is 10.5 Å². The van der Waals surface area contributed by atoms with Crippen molar-refractivity contribution in [3.8, 4) is 5.75 Å². The molecule has 1 aliphatic heterocycles. The summed E-state index contributed by atoms with van der Waals surface area (Å²) in [5.41, 5.74) is 5.19. The second-order valence-corrected chi connectivity index (χ2v) is 9.40. The van der Waals surface area contributed by atoms with Crippen LogP contribution < -0.4 is 9.64 Å². The van der Waals surface area contributed by atoms with Crippen LogP contribution in [-0.4, -0.2) is 18.4 Å². The van der Waals surface area contributed by atoms with E-state index in [1.807, 2.05) is 60.7 Å². The predicted octanol–water partition coefficient (Wildman–Crippen LogP) is 5.90. The number of carbonyl (C=O) groups excluding carboxylic acids is 2. The Hall–Kier alpha value is -3.92. The summed E-state index contributed by atoms with van der Waals surface area (Å²) in [5.74, 6) is -0.314. The van der Waals surface area contributed by atoms with Crippen LogP contribution in [-0.2, 0) is 9.59 Å². The molecule has 2 amide bonds. The Bertz CT molecular complexity index is 1250. The van der Waals surface area contributed by atoms with Gasteiger partial charge < -0.3 is 4.74 Å². The van der Waals surface area contributed by atoms with Gasteiger partial charge in [-0.25, -0.2) is 4.90 Å². The Morgan fingerprint density at radius 1 is 0.743 bits per heavy atom. The molecule has 2 fully saturated rings. The molecule has 2 aliphatic carbocycles. The van der Waals surface area contributed by atoms with Crippen molar-refractivity contribution < 1.29 is 14.3 Å². The number of fused-ring (bicyclic) bond motifs is 5. The maximum Gasteiger partial charge on any atom is 0.238 e. The van der Waals surface area contributed by atoms with E-state index < -0.39 is 0 Å². The summed E-state index contributed by atoms with van der Waals surface area (Å²) in [6.45, 7) is 2.70. The highest BCUT2D eigenvalue weighted by Gasteiger charge is 2.62. The predicted molar refractivity (Wildman–Crippen MR) is 137 cm³/mol. The fraction of sp³-hybridized carbons (Fsp3) is 0.226. The highest BCUT2D eigenvalue weighted by Crippen LogP contribution is 2.58. The fourth-order valence-electron chi connectivity index (χ4n) is 5.97. The molecule has 0 spiro atoms. The molecule has 174 valence electrons. The van der Waals surface area contributed by atoms with E-state index in [1.54, 1.807) is 0 Å². The molecule has 1 saturated carbocycles. The molecule has 4 atom stereocenters. The minimum atomic E-state index is -0.356. The standard InChI is InChI=1S/C31H27NO3/c1-2-19-35-23-15-13-22(14-16-23)32-30(33)28-24-17-18-25(29(28)31(32)34)27(24)26(20-9-5-3-6-10-20)21-11-7-4-8-12-21/h3-18,24-25,28-29H,2,19H2,1H3/t24-,25-,28+,29+/m0/s1. The molecule has 4 heteroatoms. The lowest BCUT2D eigenvalue weighted by Crippen LogP contribution is -2.33. The van der Waals surface area contributed by atoms with E-state index in [2.05, 4.69) is 43.3 Å². The van der Waals surface area contributed by atoms with E-state index in [4.69, 9.17) is 4.74 Å². The van der Waals surface area contributed by atoms with Gasteiger partial charge in [0.05, 0.1) is 24.1 Å². The van der Waals surface area contributed by atoms with Crippen molar-refractivity contribution in [3.63, 3.8) is 0 Å². The van der Waals surface area contributed by atoms with Crippen LogP contribution in [0.5, 0.6) is 5.75 Å². The number of hydrogen-bond donors (Lipinski definition) is 0. The van der Waals surface area contributed by atoms with E-state index in [0.717, 1.165) is 28.9 Å². The van der Waals surface area contributed by atoms with Crippen LogP contribution in [0.4, 0.5) is 5.69 Å². The van der Waals surface area contributed by atoms with Crippen molar-refractivity contribution in [2.45, 2.75) is 13.3 Å². The summed E-state index contributed by atoms with van der Waals surface area (Å²) in [4.78, 5) is 28.8. The molecule has 0 unspecified atom stereocenters. The number of anilines is 1. The van der Waals surface area contributed by atoms with Crippen LogP contribution in [0.2, 0.25) is 0 Å². The Balaban J connectivity index is 1.39. The maximum absolute atomic E-state index is 13.7. The normalized spacial score (nSPS) is 24.3. The summed E-state index contributed by atoms with van der Waals surface area (Å²) in [6, 6.07) is 27.9. The number of nitrogens with zero attached hydrogens (tertiary/aromatic N) is 1. The highest BCUT2D eigenvalue weighted by molar-refractivity contribution is 6.23. The number of hydrogen-bond acceptors (Lipinski definition) is 3. The monoisotopic (exact) mass is 461 g/mol. The van der Waals surface area contributed by atoms with Gasteiger partial charge >= 0.3 is 0 Å². The number of benzene rings is 3. The number of imide groups is 1. The smallest absolute Gasteiger partial charge is 0.238 e. The zero-order valence-corrected chi connectivity index (χ0v) is 19.6. The number of allylic oxidation sites excluding steroid dienone is 3. The number of amides is 2. The first-order chi connectivity index (χ1) is 17.2. The second-order valence-electron chi connectivity index (χ2n) is 9.40. The molecule has 2 bridgehead atoms. The van der Waals surface area contributed by atoms with Crippen molar-refractivity contribution in [3.05, 3.63) is 114 Å². The molecule has 6 rings (SSSR count). The van der Waals surface area contributed by atoms with Gasteiger partial charge in [-0.3, -0.25) is 9.59 Å². The van der Waals surface area contributed by atoms with Crippen molar-refractivity contribution in [2.24, 2.45) is 23.7 Å². The fourth-order valence-corrected chi connectivity index (χ4v) is 5.97. The van der Waals surface area contributed by atoms with Gasteiger partial charge in [0.2, 0.25) is 11.8 Å². The highest BCUT2D eigenvalue weighted by atomic mass is 16.5. The van der Waals surface area contributed by atoms with E-state index in [9.17, 15) is 9.59 Å². The van der Waals surface area contributed by atoms with Crippen LogP contribution in [0, 0.1) is 23.7 Å². The molecular weight excluding hydrogens is 434 g/mol. The molecular formula is C31H27NO3. The zero-order valence-electron chi connectivity index (χ0n) is 19.6. The van der Waals surface area contributed by atoms with Crippen molar-refractivity contribution in [2.75, 3.05) is 11.5 Å². The summed E-state index contributed by atoms with van der Waals surface area (Å²) in [5, 5.41) is 0. The van der Waals surface area contributed by atoms with Gasteiger partial charge in [-0.1, -0.05) is 79.7 Å². The number of ether oxygens (including phenoxy) is 1. The Labute approximate surface area is 205 Å². The van der Waals surface area contributed by atoms with Gasteiger partial charge in [0.25, 0.3) is 0 Å². The van der Waals surface area contributed by atoms with Gasteiger partial charge in [-0.2, -0.15) is 0 Å². The minimum absolute atomic E-state index is 0.0750. The molecule has 1 heterocycles. The molecule has 35 heavy (non-hydrogen) atoms. The molecule has 1 saturated heterocycles. The second kappa shape index (κ2) is 8.70. The SMILES string of the molecule is CCCOc1ccc(N2C(=O)[C@H]3[C@H](C2=O)[C@H]2C=C[C@H]3C2=C(c2ccccc2)c2ccccc2)cc1. The first-order valence-electron chi connectivity index (χ1n) is 12.3. The summed E-state index contributed by atoms with van der Waals surface area (Å²) < 4.78 is 5.67. The average Bonchev–Trinajstić information content (AvgIpc) is 3.54. The lowest BCUT2D eigenvalue weighted by Gasteiger charge is -2.21. The summed E-state index contributed by atoms with van der Waals surface area (Å²) >= 11 is 0. The van der Waals surface area contributed by atoms with Gasteiger partial charge in [-0.05, 0) is 53.0 Å². The van der Waals surface area contributed by atoms with Gasteiger partial charge in [0.1, 0.15) is 5.75 Å². The van der Waals surface area contributed by atoms with Gasteiger partial charge in [-0.15, -0.1) is 0 Å². The largest absolute Gasteiger partial charge is 0.494 e. The van der Waals surface area contributed by atoms with E-state index in [0.29, 0.717) is 12.3 Å². The summed E-state index contributed by atoms with van der Waals surface area (Å²) in [7, 11) is 0. The van der Waals surface area contributed by atoms with Crippen molar-refractivity contribution in [1.29, 1.82) is 0 Å². The molecule has 3 aliphatic rings. The topological polar surface area (TPSA) is 46.6 Å². The first kappa shape index (κ1) is 21.6. The quantitative estimate of drug-likeness (QED) is 0.339. The zero-order chi connectivity index (χ0) is 23.9. The Morgan fingerprint density at radius 2 is 1.26 bits per heavy atom. The van der Waals surface area contributed by atoms with E-state index in [-0.39, 0.29) is 35.5 Å². The molecule has 0 N–H and O–H groups in total. The van der Waals surface area contributed by atoms with Crippen LogP contribution in [0.25, 0.3) is 5.57 Å². The summed E-state index contributed by atoms with van der Waals surface area (Å²) in [6.07, 6.45) is 5.21. The van der Waals surface area contributed by atoms with Gasteiger partial charge in [0.15, 0.2) is 0 Å². The van der Waals surface area contributed by atoms with Crippen LogP contribution in [0.3, 0.4) is 0 Å². The van der Waals surface area contributed by atoms with Crippen molar-refractivity contribution in [1.82, 2.24) is 0 Å². The lowest BCUT2D eigenvalue weighted by atomic mass is 9.85. The molecule has 0 radical (unpaired) electrons. The Kier molecular flexibility index (Phi) is 5.37. The first-order valence-corrected chi connectivity index (χ1v) is 12.3. The third kappa shape index (κ3) is 3.44. The van der Waals surface area contributed by atoms with Crippen LogP contribution in [0.15, 0.2) is 103 Å². The maximum atomic E-state index is 13.7. The number of carbonyl (C=O) groups is 2. The Morgan fingerprint density at radius 3 is 1.74 bits per heavy atom.